The Bertz CT molecular complexity index is 291. The van der Waals surface area contributed by atoms with E-state index in [0.717, 1.165) is 18.0 Å². The molecule has 78 valence electrons. The molecular formula is C10H14ClNO2. The van der Waals surface area contributed by atoms with E-state index in [2.05, 4.69) is 5.32 Å². The molecule has 3 nitrogen and oxygen atoms in total. The second kappa shape index (κ2) is 5.73. The molecule has 0 aromatic heterocycles. The van der Waals surface area contributed by atoms with Crippen LogP contribution in [0.3, 0.4) is 0 Å². The van der Waals surface area contributed by atoms with Gasteiger partial charge in [0.05, 0.1) is 24.4 Å². The number of anilines is 1. The minimum atomic E-state index is 0.653. The summed E-state index contributed by atoms with van der Waals surface area (Å²) in [4.78, 5) is 0. The number of benzene rings is 1. The molecule has 0 fully saturated rings. The van der Waals surface area contributed by atoms with Crippen LogP contribution >= 0.6 is 11.6 Å². The van der Waals surface area contributed by atoms with E-state index in [1.165, 1.54) is 0 Å². The molecule has 0 unspecified atom stereocenters. The first-order chi connectivity index (χ1) is 6.77. The van der Waals surface area contributed by atoms with Crippen molar-refractivity contribution in [3.8, 4) is 5.75 Å². The average molecular weight is 216 g/mol. The number of ether oxygens (including phenoxy) is 2. The van der Waals surface area contributed by atoms with Crippen LogP contribution in [0.15, 0.2) is 18.2 Å². The van der Waals surface area contributed by atoms with Crippen molar-refractivity contribution in [1.82, 2.24) is 0 Å². The van der Waals surface area contributed by atoms with Gasteiger partial charge < -0.3 is 14.8 Å². The highest BCUT2D eigenvalue weighted by Gasteiger charge is 2.00. The van der Waals surface area contributed by atoms with Gasteiger partial charge >= 0.3 is 0 Å². The highest BCUT2D eigenvalue weighted by Crippen LogP contribution is 2.26. The van der Waals surface area contributed by atoms with Gasteiger partial charge in [0.25, 0.3) is 0 Å². The summed E-state index contributed by atoms with van der Waals surface area (Å²) in [6.45, 7) is 1.39. The normalized spacial score (nSPS) is 9.93. The van der Waals surface area contributed by atoms with Gasteiger partial charge in [-0.25, -0.2) is 0 Å². The van der Waals surface area contributed by atoms with Crippen LogP contribution in [0, 0.1) is 0 Å². The lowest BCUT2D eigenvalue weighted by molar-refractivity contribution is 0.211. The Balaban J connectivity index is 2.59. The molecule has 0 aliphatic rings. The molecule has 0 aliphatic heterocycles. The van der Waals surface area contributed by atoms with Crippen LogP contribution in [0.4, 0.5) is 5.69 Å². The van der Waals surface area contributed by atoms with Gasteiger partial charge in [0.15, 0.2) is 0 Å². The Morgan fingerprint density at radius 3 is 2.71 bits per heavy atom. The summed E-state index contributed by atoms with van der Waals surface area (Å²) in [6.07, 6.45) is 0. The number of halogens is 1. The number of methoxy groups -OCH3 is 2. The lowest BCUT2D eigenvalue weighted by Gasteiger charge is -2.08. The topological polar surface area (TPSA) is 30.5 Å². The molecule has 1 aromatic rings. The van der Waals surface area contributed by atoms with Crippen LogP contribution < -0.4 is 10.1 Å². The Labute approximate surface area is 89.0 Å². The fraction of sp³-hybridized carbons (Fsp3) is 0.400. The maximum Gasteiger partial charge on any atom is 0.120 e. The standard InChI is InChI=1S/C10H14ClNO2/c1-13-6-5-12-10-4-3-8(14-2)7-9(10)11/h3-4,7,12H,5-6H2,1-2H3. The predicted octanol–water partition coefficient (Wildman–Crippen LogP) is 2.41. The van der Waals surface area contributed by atoms with Crippen molar-refractivity contribution < 1.29 is 9.47 Å². The van der Waals surface area contributed by atoms with Gasteiger partial charge in [0.1, 0.15) is 5.75 Å². The Kier molecular flexibility index (Phi) is 4.56. The van der Waals surface area contributed by atoms with E-state index in [-0.39, 0.29) is 0 Å². The second-order valence-electron chi connectivity index (χ2n) is 2.77. The lowest BCUT2D eigenvalue weighted by atomic mass is 10.3. The first kappa shape index (κ1) is 11.1. The third kappa shape index (κ3) is 3.09. The van der Waals surface area contributed by atoms with E-state index in [0.29, 0.717) is 11.6 Å². The molecule has 0 amide bonds. The van der Waals surface area contributed by atoms with E-state index in [4.69, 9.17) is 21.1 Å². The van der Waals surface area contributed by atoms with Crippen molar-refractivity contribution in [2.75, 3.05) is 32.7 Å². The number of hydrogen-bond acceptors (Lipinski definition) is 3. The van der Waals surface area contributed by atoms with E-state index < -0.39 is 0 Å². The number of nitrogens with one attached hydrogen (secondary N) is 1. The summed E-state index contributed by atoms with van der Waals surface area (Å²) in [5.74, 6) is 0.757. The maximum absolute atomic E-state index is 6.00. The molecule has 0 saturated heterocycles. The molecule has 0 bridgehead atoms. The van der Waals surface area contributed by atoms with Crippen molar-refractivity contribution in [2.45, 2.75) is 0 Å². The van der Waals surface area contributed by atoms with Crippen LogP contribution in [0.1, 0.15) is 0 Å². The number of hydrogen-bond donors (Lipinski definition) is 1. The monoisotopic (exact) mass is 215 g/mol. The van der Waals surface area contributed by atoms with Crippen molar-refractivity contribution in [1.29, 1.82) is 0 Å². The van der Waals surface area contributed by atoms with Crippen molar-refractivity contribution >= 4 is 17.3 Å². The highest BCUT2D eigenvalue weighted by atomic mass is 35.5. The summed E-state index contributed by atoms with van der Waals surface area (Å²) in [5.41, 5.74) is 0.893. The summed E-state index contributed by atoms with van der Waals surface area (Å²) >= 11 is 6.00. The zero-order valence-electron chi connectivity index (χ0n) is 8.34. The van der Waals surface area contributed by atoms with Crippen molar-refractivity contribution in [2.24, 2.45) is 0 Å². The molecule has 14 heavy (non-hydrogen) atoms. The second-order valence-corrected chi connectivity index (χ2v) is 3.17. The Morgan fingerprint density at radius 2 is 2.14 bits per heavy atom. The smallest absolute Gasteiger partial charge is 0.120 e. The van der Waals surface area contributed by atoms with Crippen LogP contribution in [0.5, 0.6) is 5.75 Å². The Hall–Kier alpha value is -0.930. The lowest BCUT2D eigenvalue weighted by Crippen LogP contribution is -2.07. The summed E-state index contributed by atoms with van der Waals surface area (Å²) in [7, 11) is 3.28. The third-order valence-electron chi connectivity index (χ3n) is 1.80. The van der Waals surface area contributed by atoms with Crippen molar-refractivity contribution in [3.05, 3.63) is 23.2 Å². The van der Waals surface area contributed by atoms with Crippen LogP contribution in [0.25, 0.3) is 0 Å². The molecule has 0 heterocycles. The van der Waals surface area contributed by atoms with E-state index >= 15 is 0 Å². The van der Waals surface area contributed by atoms with E-state index in [1.54, 1.807) is 20.3 Å². The maximum atomic E-state index is 6.00. The summed E-state index contributed by atoms with van der Waals surface area (Å²) in [6, 6.07) is 5.52. The molecule has 0 atom stereocenters. The molecule has 1 rings (SSSR count). The molecule has 0 spiro atoms. The fourth-order valence-corrected chi connectivity index (χ4v) is 1.29. The fourth-order valence-electron chi connectivity index (χ4n) is 1.05. The first-order valence-electron chi connectivity index (χ1n) is 4.34. The van der Waals surface area contributed by atoms with Gasteiger partial charge in [-0.15, -0.1) is 0 Å². The minimum Gasteiger partial charge on any atom is -0.497 e. The molecule has 0 saturated carbocycles. The SMILES string of the molecule is COCCNc1ccc(OC)cc1Cl. The molecular weight excluding hydrogens is 202 g/mol. The van der Waals surface area contributed by atoms with Gasteiger partial charge in [-0.3, -0.25) is 0 Å². The van der Waals surface area contributed by atoms with Gasteiger partial charge in [-0.2, -0.15) is 0 Å². The van der Waals surface area contributed by atoms with Crippen molar-refractivity contribution in [3.63, 3.8) is 0 Å². The molecule has 1 aromatic carbocycles. The Morgan fingerprint density at radius 1 is 1.36 bits per heavy atom. The van der Waals surface area contributed by atoms with E-state index in [1.807, 2.05) is 12.1 Å². The van der Waals surface area contributed by atoms with Gasteiger partial charge in [0.2, 0.25) is 0 Å². The molecule has 4 heteroatoms. The largest absolute Gasteiger partial charge is 0.497 e. The van der Waals surface area contributed by atoms with Gasteiger partial charge in [-0.1, -0.05) is 11.6 Å². The summed E-state index contributed by atoms with van der Waals surface area (Å²) < 4.78 is 9.96. The van der Waals surface area contributed by atoms with E-state index in [9.17, 15) is 0 Å². The molecule has 0 radical (unpaired) electrons. The zero-order valence-corrected chi connectivity index (χ0v) is 9.10. The molecule has 0 aliphatic carbocycles. The van der Waals surface area contributed by atoms with Gasteiger partial charge in [-0.05, 0) is 12.1 Å². The third-order valence-corrected chi connectivity index (χ3v) is 2.11. The molecule has 1 N–H and O–H groups in total. The zero-order chi connectivity index (χ0) is 10.4. The minimum absolute atomic E-state index is 0.653. The summed E-state index contributed by atoms with van der Waals surface area (Å²) in [5, 5.41) is 3.81. The first-order valence-corrected chi connectivity index (χ1v) is 4.72. The quantitative estimate of drug-likeness (QED) is 0.766. The van der Waals surface area contributed by atoms with Crippen LogP contribution in [0.2, 0.25) is 5.02 Å². The average Bonchev–Trinajstić information content (AvgIpc) is 2.20. The van der Waals surface area contributed by atoms with Crippen LogP contribution in [-0.4, -0.2) is 27.4 Å². The highest BCUT2D eigenvalue weighted by molar-refractivity contribution is 6.33. The van der Waals surface area contributed by atoms with Gasteiger partial charge in [0, 0.05) is 19.7 Å². The van der Waals surface area contributed by atoms with Crippen LogP contribution in [-0.2, 0) is 4.74 Å². The predicted molar refractivity (Wildman–Crippen MR) is 58.4 cm³/mol. The number of rotatable bonds is 5.